The molecule has 0 N–H and O–H groups in total. The van der Waals surface area contributed by atoms with Gasteiger partial charge in [0.25, 0.3) is 0 Å². The highest BCUT2D eigenvalue weighted by Gasteiger charge is 2.37. The summed E-state index contributed by atoms with van der Waals surface area (Å²) in [7, 11) is -2.61. The van der Waals surface area contributed by atoms with Crippen molar-refractivity contribution in [1.82, 2.24) is 0 Å². The van der Waals surface area contributed by atoms with Crippen LogP contribution in [0, 0.1) is 0 Å². The first kappa shape index (κ1) is 15.8. The van der Waals surface area contributed by atoms with Crippen LogP contribution in [0.25, 0.3) is 0 Å². The molecular formula is C11H24O4Si. The molecule has 0 aromatic carbocycles. The molecule has 0 saturated carbocycles. The molecule has 0 radical (unpaired) electrons. The molecule has 0 unspecified atom stereocenters. The van der Waals surface area contributed by atoms with Gasteiger partial charge in [-0.15, -0.1) is 0 Å². The zero-order chi connectivity index (χ0) is 12.3. The molecule has 0 heterocycles. The lowest BCUT2D eigenvalue weighted by Crippen LogP contribution is -2.44. The largest absolute Gasteiger partial charge is 0.529 e. The van der Waals surface area contributed by atoms with Crippen molar-refractivity contribution < 1.29 is 18.0 Å². The summed E-state index contributed by atoms with van der Waals surface area (Å²) >= 11 is 0. The third-order valence-corrected chi connectivity index (χ3v) is 4.49. The van der Waals surface area contributed by atoms with Gasteiger partial charge in [-0.3, -0.25) is 0 Å². The van der Waals surface area contributed by atoms with Gasteiger partial charge in [-0.1, -0.05) is 6.08 Å². The van der Waals surface area contributed by atoms with E-state index in [4.69, 9.17) is 18.0 Å². The van der Waals surface area contributed by atoms with E-state index in [1.807, 2.05) is 39.5 Å². The maximum absolute atomic E-state index is 5.64. The lowest BCUT2D eigenvalue weighted by Gasteiger charge is -2.25. The molecule has 5 heteroatoms. The lowest BCUT2D eigenvalue weighted by molar-refractivity contribution is 0.0838. The second-order valence-corrected chi connectivity index (χ2v) is 5.37. The zero-order valence-electron chi connectivity index (χ0n) is 10.8. The Balaban J connectivity index is 4.39. The van der Waals surface area contributed by atoms with Crippen LogP contribution in [0.1, 0.15) is 27.7 Å². The van der Waals surface area contributed by atoms with E-state index in [1.54, 1.807) is 0 Å². The highest BCUT2D eigenvalue weighted by molar-refractivity contribution is 6.66. The van der Waals surface area contributed by atoms with Crippen LogP contribution in [-0.2, 0) is 18.0 Å². The Morgan fingerprint density at radius 1 is 0.812 bits per heavy atom. The summed E-state index contributed by atoms with van der Waals surface area (Å²) < 4.78 is 22.2. The van der Waals surface area contributed by atoms with E-state index in [0.717, 1.165) is 0 Å². The Labute approximate surface area is 99.9 Å². The summed E-state index contributed by atoms with van der Waals surface area (Å²) in [4.78, 5) is 0. The molecule has 0 aliphatic heterocycles. The summed E-state index contributed by atoms with van der Waals surface area (Å²) in [5, 5.41) is 0. The van der Waals surface area contributed by atoms with Gasteiger partial charge in [-0.2, -0.15) is 0 Å². The van der Waals surface area contributed by atoms with Gasteiger partial charge in [-0.05, 0) is 33.4 Å². The molecular weight excluding hydrogens is 224 g/mol. The Hall–Kier alpha value is -0.203. The van der Waals surface area contributed by atoms with Crippen molar-refractivity contribution in [2.45, 2.75) is 27.7 Å². The molecule has 16 heavy (non-hydrogen) atoms. The van der Waals surface area contributed by atoms with Crippen LogP contribution in [0.2, 0.25) is 0 Å². The summed E-state index contributed by atoms with van der Waals surface area (Å²) in [6, 6.07) is 0. The van der Waals surface area contributed by atoms with Crippen molar-refractivity contribution in [2.75, 3.05) is 33.0 Å². The van der Waals surface area contributed by atoms with Crippen molar-refractivity contribution in [2.24, 2.45) is 0 Å². The van der Waals surface area contributed by atoms with Crippen LogP contribution < -0.4 is 0 Å². The topological polar surface area (TPSA) is 36.9 Å². The first-order chi connectivity index (χ1) is 7.74. The van der Waals surface area contributed by atoms with Crippen molar-refractivity contribution in [3.8, 4) is 0 Å². The van der Waals surface area contributed by atoms with Crippen molar-refractivity contribution in [3.05, 3.63) is 11.8 Å². The Kier molecular flexibility index (Phi) is 9.86. The highest BCUT2D eigenvalue weighted by Crippen LogP contribution is 2.11. The van der Waals surface area contributed by atoms with E-state index in [-0.39, 0.29) is 0 Å². The standard InChI is InChI=1S/C11H24O4Si/c1-5-12-10-9-11-16(13-6-2,14-7-3)15-8-4/h9,11H,5-8,10H2,1-4H3. The molecule has 0 amide bonds. The van der Waals surface area contributed by atoms with Crippen LogP contribution in [0.15, 0.2) is 11.8 Å². The molecule has 0 rings (SSSR count). The van der Waals surface area contributed by atoms with Crippen LogP contribution in [0.5, 0.6) is 0 Å². The van der Waals surface area contributed by atoms with Gasteiger partial charge >= 0.3 is 8.80 Å². The van der Waals surface area contributed by atoms with E-state index in [1.165, 1.54) is 0 Å². The van der Waals surface area contributed by atoms with Crippen molar-refractivity contribution >= 4 is 8.80 Å². The lowest BCUT2D eigenvalue weighted by atomic mass is 10.7. The van der Waals surface area contributed by atoms with E-state index in [2.05, 4.69) is 0 Å². The van der Waals surface area contributed by atoms with Gasteiger partial charge in [0.15, 0.2) is 0 Å². The summed E-state index contributed by atoms with van der Waals surface area (Å²) in [6.45, 7) is 10.8. The maximum atomic E-state index is 5.64. The SMILES string of the molecule is CCOCC=C[Si](OCC)(OCC)OCC. The molecule has 0 aliphatic rings. The Morgan fingerprint density at radius 2 is 1.31 bits per heavy atom. The average Bonchev–Trinajstić information content (AvgIpc) is 2.26. The minimum atomic E-state index is -2.61. The van der Waals surface area contributed by atoms with Crippen molar-refractivity contribution in [1.29, 1.82) is 0 Å². The number of hydrogen-bond donors (Lipinski definition) is 0. The van der Waals surface area contributed by atoms with Crippen LogP contribution in [0.4, 0.5) is 0 Å². The predicted octanol–water partition coefficient (Wildman–Crippen LogP) is 2.17. The minimum Gasteiger partial charge on any atom is -0.378 e. The summed E-state index contributed by atoms with van der Waals surface area (Å²) in [6.07, 6.45) is 1.91. The number of rotatable bonds is 10. The average molecular weight is 248 g/mol. The molecule has 0 aromatic heterocycles. The molecule has 0 spiro atoms. The second-order valence-electron chi connectivity index (χ2n) is 2.96. The molecule has 0 saturated heterocycles. The van der Waals surface area contributed by atoms with Crippen LogP contribution >= 0.6 is 0 Å². The first-order valence-electron chi connectivity index (χ1n) is 5.91. The molecule has 4 nitrogen and oxygen atoms in total. The third kappa shape index (κ3) is 6.39. The fraction of sp³-hybridized carbons (Fsp3) is 0.818. The smallest absolute Gasteiger partial charge is 0.378 e. The van der Waals surface area contributed by atoms with Gasteiger partial charge in [0, 0.05) is 26.4 Å². The fourth-order valence-corrected chi connectivity index (χ4v) is 3.38. The van der Waals surface area contributed by atoms with Crippen LogP contribution in [-0.4, -0.2) is 41.8 Å². The van der Waals surface area contributed by atoms with E-state index >= 15 is 0 Å². The monoisotopic (exact) mass is 248 g/mol. The quantitative estimate of drug-likeness (QED) is 0.438. The molecule has 0 aromatic rings. The Morgan fingerprint density at radius 3 is 1.69 bits per heavy atom. The zero-order valence-corrected chi connectivity index (χ0v) is 11.8. The molecule has 0 bridgehead atoms. The molecule has 0 atom stereocenters. The van der Waals surface area contributed by atoms with Gasteiger partial charge in [-0.25, -0.2) is 0 Å². The van der Waals surface area contributed by atoms with Gasteiger partial charge in [0.1, 0.15) is 0 Å². The second kappa shape index (κ2) is 9.98. The summed E-state index contributed by atoms with van der Waals surface area (Å²) in [5.74, 6) is 0. The normalized spacial score (nSPS) is 12.5. The summed E-state index contributed by atoms with van der Waals surface area (Å²) in [5.41, 5.74) is 1.90. The fourth-order valence-electron chi connectivity index (χ4n) is 1.25. The number of ether oxygens (including phenoxy) is 1. The Bertz CT molecular complexity index is 168. The van der Waals surface area contributed by atoms with Crippen molar-refractivity contribution in [3.63, 3.8) is 0 Å². The maximum Gasteiger partial charge on any atom is 0.529 e. The number of hydrogen-bond acceptors (Lipinski definition) is 4. The third-order valence-electron chi connectivity index (χ3n) is 1.78. The first-order valence-corrected chi connectivity index (χ1v) is 7.72. The highest BCUT2D eigenvalue weighted by atomic mass is 28.4. The molecule has 0 aliphatic carbocycles. The molecule has 96 valence electrons. The van der Waals surface area contributed by atoms with E-state index in [0.29, 0.717) is 33.0 Å². The minimum absolute atomic E-state index is 0.568. The van der Waals surface area contributed by atoms with E-state index < -0.39 is 8.80 Å². The van der Waals surface area contributed by atoms with Gasteiger partial charge < -0.3 is 18.0 Å². The van der Waals surface area contributed by atoms with Gasteiger partial charge in [0.2, 0.25) is 0 Å². The van der Waals surface area contributed by atoms with E-state index in [9.17, 15) is 0 Å². The van der Waals surface area contributed by atoms with Gasteiger partial charge in [0.05, 0.1) is 6.61 Å². The molecule has 0 fully saturated rings. The predicted molar refractivity (Wildman–Crippen MR) is 66.3 cm³/mol. The van der Waals surface area contributed by atoms with Crippen LogP contribution in [0.3, 0.4) is 0 Å².